The number of nitrogens with zero attached hydrogens (tertiary/aromatic N) is 1. The molecule has 0 saturated heterocycles. The lowest BCUT2D eigenvalue weighted by molar-refractivity contribution is 0.660. The highest BCUT2D eigenvalue weighted by atomic mass is 15.1. The second-order valence-electron chi connectivity index (χ2n) is 17.4. The average Bonchev–Trinajstić information content (AvgIpc) is 3.60. The molecule has 0 amide bonds. The Bertz CT molecular complexity index is 3220. The van der Waals surface area contributed by atoms with Gasteiger partial charge in [-0.05, 0) is 138 Å². The summed E-state index contributed by atoms with van der Waals surface area (Å²) >= 11 is 0. The van der Waals surface area contributed by atoms with Crippen LogP contribution in [0.3, 0.4) is 0 Å². The standard InChI is InChI=1S/C63H47N/c1-63(2)61-42-55(51-27-25-49(26-28-51)48-23-21-47(22-24-48)44-13-6-3-7-14-44)33-39-59(61)60-40-38-58(43-62(60)63)64(56-34-29-50(30-35-56)45-15-8-4-9-16-45)57-36-31-52(32-37-57)54-20-12-19-53(41-54)46-17-10-5-11-18-46/h3-43H,1-2H3. The third-order valence-electron chi connectivity index (χ3n) is 13.1. The van der Waals surface area contributed by atoms with Gasteiger partial charge in [-0.15, -0.1) is 0 Å². The molecule has 0 fully saturated rings. The van der Waals surface area contributed by atoms with Crippen molar-refractivity contribution in [2.45, 2.75) is 19.3 Å². The summed E-state index contributed by atoms with van der Waals surface area (Å²) in [5, 5.41) is 0. The summed E-state index contributed by atoms with van der Waals surface area (Å²) in [6.45, 7) is 4.76. The van der Waals surface area contributed by atoms with Crippen LogP contribution in [0, 0.1) is 0 Å². The molecule has 0 aliphatic heterocycles. The summed E-state index contributed by atoms with van der Waals surface area (Å²) in [7, 11) is 0. The molecule has 10 aromatic carbocycles. The molecule has 0 saturated carbocycles. The van der Waals surface area contributed by atoms with E-state index in [0.717, 1.165) is 17.1 Å². The Labute approximate surface area is 377 Å². The maximum atomic E-state index is 2.43. The fourth-order valence-corrected chi connectivity index (χ4v) is 9.58. The Morgan fingerprint density at radius 1 is 0.234 bits per heavy atom. The van der Waals surface area contributed by atoms with Crippen LogP contribution < -0.4 is 4.90 Å². The zero-order valence-corrected chi connectivity index (χ0v) is 36.1. The van der Waals surface area contributed by atoms with Crippen LogP contribution in [0.1, 0.15) is 25.0 Å². The first kappa shape index (κ1) is 38.9. The van der Waals surface area contributed by atoms with E-state index in [-0.39, 0.29) is 5.41 Å². The molecule has 304 valence electrons. The van der Waals surface area contributed by atoms with Crippen molar-refractivity contribution < 1.29 is 0 Å². The topological polar surface area (TPSA) is 3.24 Å². The maximum Gasteiger partial charge on any atom is 0.0465 e. The Morgan fingerprint density at radius 2 is 0.516 bits per heavy atom. The van der Waals surface area contributed by atoms with Gasteiger partial charge in [0.2, 0.25) is 0 Å². The third kappa shape index (κ3) is 7.32. The third-order valence-corrected chi connectivity index (χ3v) is 13.1. The van der Waals surface area contributed by atoms with Crippen molar-refractivity contribution in [1.29, 1.82) is 0 Å². The van der Waals surface area contributed by atoms with Crippen molar-refractivity contribution in [3.63, 3.8) is 0 Å². The van der Waals surface area contributed by atoms with E-state index in [0.29, 0.717) is 0 Å². The first-order valence-electron chi connectivity index (χ1n) is 22.2. The smallest absolute Gasteiger partial charge is 0.0465 e. The summed E-state index contributed by atoms with van der Waals surface area (Å²) in [5.41, 5.74) is 23.1. The Morgan fingerprint density at radius 3 is 0.953 bits per heavy atom. The molecule has 0 heterocycles. The van der Waals surface area contributed by atoms with Crippen molar-refractivity contribution >= 4 is 17.1 Å². The van der Waals surface area contributed by atoms with Crippen LogP contribution in [-0.4, -0.2) is 0 Å². The number of anilines is 3. The van der Waals surface area contributed by atoms with Crippen LogP contribution in [0.2, 0.25) is 0 Å². The van der Waals surface area contributed by atoms with Crippen LogP contribution >= 0.6 is 0 Å². The highest BCUT2D eigenvalue weighted by Gasteiger charge is 2.36. The predicted octanol–water partition coefficient (Wildman–Crippen LogP) is 17.5. The zero-order chi connectivity index (χ0) is 43.0. The minimum absolute atomic E-state index is 0.201. The number of hydrogen-bond donors (Lipinski definition) is 0. The predicted molar refractivity (Wildman–Crippen MR) is 271 cm³/mol. The fourth-order valence-electron chi connectivity index (χ4n) is 9.58. The van der Waals surface area contributed by atoms with E-state index in [4.69, 9.17) is 0 Å². The number of rotatable bonds is 9. The van der Waals surface area contributed by atoms with Gasteiger partial charge in [0, 0.05) is 22.5 Å². The van der Waals surface area contributed by atoms with Gasteiger partial charge < -0.3 is 4.90 Å². The second kappa shape index (κ2) is 16.4. The Balaban J connectivity index is 0.911. The second-order valence-corrected chi connectivity index (χ2v) is 17.4. The highest BCUT2D eigenvalue weighted by Crippen LogP contribution is 2.52. The molecule has 0 unspecified atom stereocenters. The minimum atomic E-state index is -0.201. The largest absolute Gasteiger partial charge is 0.310 e. The monoisotopic (exact) mass is 817 g/mol. The first-order chi connectivity index (χ1) is 31.5. The summed E-state index contributed by atoms with van der Waals surface area (Å²) in [5.74, 6) is 0. The lowest BCUT2D eigenvalue weighted by atomic mass is 9.81. The quantitative estimate of drug-likeness (QED) is 0.140. The first-order valence-corrected chi connectivity index (χ1v) is 22.2. The molecule has 10 aromatic rings. The van der Waals surface area contributed by atoms with Gasteiger partial charge in [-0.25, -0.2) is 0 Å². The van der Waals surface area contributed by atoms with Crippen LogP contribution in [0.15, 0.2) is 249 Å². The lowest BCUT2D eigenvalue weighted by Gasteiger charge is -2.28. The van der Waals surface area contributed by atoms with E-state index < -0.39 is 0 Å². The van der Waals surface area contributed by atoms with Crippen molar-refractivity contribution in [3.05, 3.63) is 260 Å². The average molecular weight is 818 g/mol. The molecule has 0 radical (unpaired) electrons. The molecule has 64 heavy (non-hydrogen) atoms. The summed E-state index contributed by atoms with van der Waals surface area (Å²) in [6.07, 6.45) is 0. The van der Waals surface area contributed by atoms with Crippen molar-refractivity contribution in [3.8, 4) is 77.9 Å². The van der Waals surface area contributed by atoms with E-state index in [1.807, 2.05) is 0 Å². The number of fused-ring (bicyclic) bond motifs is 3. The molecule has 1 aliphatic rings. The molecule has 1 nitrogen and oxygen atoms in total. The van der Waals surface area contributed by atoms with E-state index in [1.54, 1.807) is 0 Å². The summed E-state index contributed by atoms with van der Waals surface area (Å²) < 4.78 is 0. The van der Waals surface area contributed by atoms with Gasteiger partial charge in [0.25, 0.3) is 0 Å². The van der Waals surface area contributed by atoms with Crippen LogP contribution in [0.4, 0.5) is 17.1 Å². The molecule has 0 spiro atoms. The van der Waals surface area contributed by atoms with Crippen LogP contribution in [0.5, 0.6) is 0 Å². The molecular formula is C63H47N. The van der Waals surface area contributed by atoms with Gasteiger partial charge in [0.1, 0.15) is 0 Å². The summed E-state index contributed by atoms with van der Waals surface area (Å²) in [4.78, 5) is 2.40. The fraction of sp³-hybridized carbons (Fsp3) is 0.0476. The van der Waals surface area contributed by atoms with Crippen molar-refractivity contribution in [2.75, 3.05) is 4.90 Å². The van der Waals surface area contributed by atoms with E-state index in [9.17, 15) is 0 Å². The van der Waals surface area contributed by atoms with E-state index in [2.05, 4.69) is 267 Å². The molecule has 11 rings (SSSR count). The minimum Gasteiger partial charge on any atom is -0.310 e. The van der Waals surface area contributed by atoms with Gasteiger partial charge in [-0.1, -0.05) is 214 Å². The van der Waals surface area contributed by atoms with Gasteiger partial charge in [0.15, 0.2) is 0 Å². The molecule has 1 aliphatic carbocycles. The molecule has 1 heteroatoms. The lowest BCUT2D eigenvalue weighted by Crippen LogP contribution is -2.16. The van der Waals surface area contributed by atoms with Gasteiger partial charge in [0.05, 0.1) is 0 Å². The van der Waals surface area contributed by atoms with E-state index in [1.165, 1.54) is 89.0 Å². The maximum absolute atomic E-state index is 2.43. The van der Waals surface area contributed by atoms with Crippen molar-refractivity contribution in [2.24, 2.45) is 0 Å². The van der Waals surface area contributed by atoms with Gasteiger partial charge >= 0.3 is 0 Å². The SMILES string of the molecule is CC1(C)c2cc(-c3ccc(-c4ccc(-c5ccccc5)cc4)cc3)ccc2-c2ccc(N(c3ccc(-c4ccccc4)cc3)c3ccc(-c4cccc(-c5ccccc5)c4)cc3)cc21. The van der Waals surface area contributed by atoms with E-state index >= 15 is 0 Å². The molecule has 0 aromatic heterocycles. The van der Waals surface area contributed by atoms with Gasteiger partial charge in [-0.3, -0.25) is 0 Å². The van der Waals surface area contributed by atoms with Crippen LogP contribution in [-0.2, 0) is 5.41 Å². The molecule has 0 atom stereocenters. The summed E-state index contributed by atoms with van der Waals surface area (Å²) in [6, 6.07) is 90.7. The number of hydrogen-bond acceptors (Lipinski definition) is 1. The Hall–Kier alpha value is -8.00. The Kier molecular flexibility index (Phi) is 9.94. The zero-order valence-electron chi connectivity index (χ0n) is 36.1. The number of benzene rings is 10. The molecule has 0 bridgehead atoms. The van der Waals surface area contributed by atoms with Gasteiger partial charge in [-0.2, -0.15) is 0 Å². The molecule has 0 N–H and O–H groups in total. The molecular weight excluding hydrogens is 771 g/mol. The normalized spacial score (nSPS) is 12.3. The van der Waals surface area contributed by atoms with Crippen molar-refractivity contribution in [1.82, 2.24) is 0 Å². The highest BCUT2D eigenvalue weighted by molar-refractivity contribution is 5.88. The van der Waals surface area contributed by atoms with Crippen LogP contribution in [0.25, 0.3) is 77.9 Å².